The topological polar surface area (TPSA) is 70.8 Å². The summed E-state index contributed by atoms with van der Waals surface area (Å²) in [6.07, 6.45) is 0.0752. The van der Waals surface area contributed by atoms with Gasteiger partial charge < -0.3 is 14.3 Å². The molecular formula is C11H19NO5. The number of hydrogen-bond acceptors (Lipinski definition) is 5. The van der Waals surface area contributed by atoms with E-state index in [1.54, 1.807) is 0 Å². The molecule has 0 aromatic rings. The van der Waals surface area contributed by atoms with Gasteiger partial charge in [0.05, 0.1) is 19.3 Å². The fourth-order valence-electron chi connectivity index (χ4n) is 2.71. The van der Waals surface area contributed by atoms with E-state index >= 15 is 0 Å². The van der Waals surface area contributed by atoms with Crippen LogP contribution in [-0.4, -0.2) is 36.6 Å². The summed E-state index contributed by atoms with van der Waals surface area (Å²) in [4.78, 5) is 14.9. The summed E-state index contributed by atoms with van der Waals surface area (Å²) in [7, 11) is 0. The van der Waals surface area contributed by atoms with E-state index < -0.39 is 11.2 Å². The molecule has 2 rings (SSSR count). The predicted molar refractivity (Wildman–Crippen MR) is 58.9 cm³/mol. The lowest BCUT2D eigenvalue weighted by Crippen LogP contribution is -2.33. The molecule has 17 heavy (non-hydrogen) atoms. The van der Waals surface area contributed by atoms with Crippen LogP contribution in [-0.2, 0) is 14.3 Å². The Hall–Kier alpha value is -0.880. The van der Waals surface area contributed by atoms with Crippen molar-refractivity contribution in [2.75, 3.05) is 13.2 Å². The molecule has 4 atom stereocenters. The number of nitrogens with zero attached hydrogens (tertiary/aromatic N) is 1. The second-order valence-corrected chi connectivity index (χ2v) is 5.99. The van der Waals surface area contributed by atoms with E-state index in [1.807, 2.05) is 0 Å². The second kappa shape index (κ2) is 4.42. The molecule has 0 radical (unpaired) electrons. The number of ether oxygens (including phenoxy) is 2. The van der Waals surface area contributed by atoms with E-state index in [1.165, 1.54) is 0 Å². The average molecular weight is 245 g/mol. The van der Waals surface area contributed by atoms with Crippen LogP contribution in [0.3, 0.4) is 0 Å². The Morgan fingerprint density at radius 3 is 2.53 bits per heavy atom. The minimum atomic E-state index is -0.767. The highest BCUT2D eigenvalue weighted by Crippen LogP contribution is 2.38. The summed E-state index contributed by atoms with van der Waals surface area (Å²) >= 11 is 0. The molecule has 98 valence electrons. The highest BCUT2D eigenvalue weighted by Gasteiger charge is 2.49. The second-order valence-electron chi connectivity index (χ2n) is 5.99. The minimum absolute atomic E-state index is 0.0563. The van der Waals surface area contributed by atoms with Gasteiger partial charge in [-0.25, -0.2) is 0 Å². The number of hydrogen-bond donors (Lipinski definition) is 0. The van der Waals surface area contributed by atoms with Crippen LogP contribution >= 0.6 is 0 Å². The zero-order valence-electron chi connectivity index (χ0n) is 10.4. The summed E-state index contributed by atoms with van der Waals surface area (Å²) in [6, 6.07) is 0. The summed E-state index contributed by atoms with van der Waals surface area (Å²) in [5.41, 5.74) is 0.203. The van der Waals surface area contributed by atoms with E-state index in [0.29, 0.717) is 12.5 Å². The fourth-order valence-corrected chi connectivity index (χ4v) is 2.71. The normalized spacial score (nSPS) is 36.9. The summed E-state index contributed by atoms with van der Waals surface area (Å²) in [5.74, 6) is 0.306. The van der Waals surface area contributed by atoms with Crippen LogP contribution in [0.25, 0.3) is 0 Å². The Labute approximate surface area is 100 Å². The van der Waals surface area contributed by atoms with Crippen molar-refractivity contribution in [3.05, 3.63) is 10.1 Å². The first-order chi connectivity index (χ1) is 7.87. The van der Waals surface area contributed by atoms with Crippen molar-refractivity contribution in [3.63, 3.8) is 0 Å². The molecule has 2 heterocycles. The number of fused-ring (bicyclic) bond motifs is 1. The zero-order chi connectivity index (χ0) is 12.6. The molecule has 2 aliphatic heterocycles. The van der Waals surface area contributed by atoms with E-state index in [9.17, 15) is 10.1 Å². The van der Waals surface area contributed by atoms with Crippen molar-refractivity contribution in [1.29, 1.82) is 0 Å². The average Bonchev–Trinajstić information content (AvgIpc) is 2.68. The van der Waals surface area contributed by atoms with E-state index in [0.717, 1.165) is 6.42 Å². The Kier molecular flexibility index (Phi) is 3.27. The zero-order valence-corrected chi connectivity index (χ0v) is 10.4. The highest BCUT2D eigenvalue weighted by atomic mass is 17.0. The molecule has 0 amide bonds. The van der Waals surface area contributed by atoms with Crippen molar-refractivity contribution in [2.24, 2.45) is 11.3 Å². The molecule has 0 bridgehead atoms. The van der Waals surface area contributed by atoms with Gasteiger partial charge in [0, 0.05) is 5.92 Å². The maximum Gasteiger partial charge on any atom is 0.294 e. The Morgan fingerprint density at radius 2 is 1.94 bits per heavy atom. The Bertz CT molecular complexity index is 301. The molecule has 2 aliphatic rings. The predicted octanol–water partition coefficient (Wildman–Crippen LogP) is 1.41. The summed E-state index contributed by atoms with van der Waals surface area (Å²) in [5, 5.41) is 9.56. The first-order valence-electron chi connectivity index (χ1n) is 5.91. The quantitative estimate of drug-likeness (QED) is 0.555. The van der Waals surface area contributed by atoms with Crippen LogP contribution in [0.2, 0.25) is 0 Å². The molecule has 2 saturated heterocycles. The van der Waals surface area contributed by atoms with Gasteiger partial charge in [0.15, 0.2) is 6.10 Å². The largest absolute Gasteiger partial charge is 0.373 e. The van der Waals surface area contributed by atoms with Crippen LogP contribution < -0.4 is 0 Å². The lowest BCUT2D eigenvalue weighted by Gasteiger charge is -2.25. The van der Waals surface area contributed by atoms with Crippen molar-refractivity contribution in [2.45, 2.75) is 45.5 Å². The first-order valence-corrected chi connectivity index (χ1v) is 5.91. The van der Waals surface area contributed by atoms with E-state index in [2.05, 4.69) is 25.6 Å². The minimum Gasteiger partial charge on any atom is -0.373 e. The van der Waals surface area contributed by atoms with Crippen molar-refractivity contribution in [3.8, 4) is 0 Å². The van der Waals surface area contributed by atoms with Crippen LogP contribution in [0, 0.1) is 21.4 Å². The van der Waals surface area contributed by atoms with E-state index in [4.69, 9.17) is 9.47 Å². The Balaban J connectivity index is 1.95. The van der Waals surface area contributed by atoms with Crippen LogP contribution in [0.1, 0.15) is 27.2 Å². The molecule has 6 heteroatoms. The molecule has 0 N–H and O–H groups in total. The van der Waals surface area contributed by atoms with Gasteiger partial charge in [0.25, 0.3) is 5.09 Å². The van der Waals surface area contributed by atoms with Gasteiger partial charge in [-0.3, -0.25) is 0 Å². The molecule has 0 aromatic carbocycles. The van der Waals surface area contributed by atoms with Gasteiger partial charge in [0.1, 0.15) is 6.10 Å². The Morgan fingerprint density at radius 1 is 1.29 bits per heavy atom. The SMILES string of the molecule is CC(C)(C)C[C@H]1CO[C@H]2[C@@H]1OC[C@H]2O[N+](=O)[O-]. The molecule has 2 fully saturated rings. The first kappa shape index (κ1) is 12.6. The maximum atomic E-state index is 10.3. The maximum absolute atomic E-state index is 10.3. The van der Waals surface area contributed by atoms with Crippen molar-refractivity contribution >= 4 is 0 Å². The third-order valence-electron chi connectivity index (χ3n) is 3.21. The van der Waals surface area contributed by atoms with Gasteiger partial charge in [-0.05, 0) is 11.8 Å². The van der Waals surface area contributed by atoms with Crippen LogP contribution in [0.15, 0.2) is 0 Å². The van der Waals surface area contributed by atoms with Gasteiger partial charge in [0.2, 0.25) is 0 Å². The molecule has 0 aliphatic carbocycles. The molecule has 0 aromatic heterocycles. The van der Waals surface area contributed by atoms with Crippen LogP contribution in [0.4, 0.5) is 0 Å². The monoisotopic (exact) mass is 245 g/mol. The van der Waals surface area contributed by atoms with E-state index in [-0.39, 0.29) is 24.2 Å². The van der Waals surface area contributed by atoms with Gasteiger partial charge in [-0.15, -0.1) is 10.1 Å². The molecule has 0 spiro atoms. The van der Waals surface area contributed by atoms with Crippen molar-refractivity contribution < 1.29 is 19.4 Å². The standard InChI is InChI=1S/C11H19NO5/c1-11(2,3)4-7-5-15-10-8(17-12(13)14)6-16-9(7)10/h7-10H,4-6H2,1-3H3/t7-,8+,9+,10+/m0/s1. The number of rotatable bonds is 3. The highest BCUT2D eigenvalue weighted by molar-refractivity contribution is 4.95. The molecule has 6 nitrogen and oxygen atoms in total. The molecule has 0 saturated carbocycles. The molecule has 0 unspecified atom stereocenters. The van der Waals surface area contributed by atoms with Crippen molar-refractivity contribution in [1.82, 2.24) is 0 Å². The van der Waals surface area contributed by atoms with Crippen LogP contribution in [0.5, 0.6) is 0 Å². The third-order valence-corrected chi connectivity index (χ3v) is 3.21. The van der Waals surface area contributed by atoms with Gasteiger partial charge in [-0.2, -0.15) is 0 Å². The third kappa shape index (κ3) is 2.87. The fraction of sp³-hybridized carbons (Fsp3) is 1.00. The smallest absolute Gasteiger partial charge is 0.294 e. The van der Waals surface area contributed by atoms with Gasteiger partial charge in [-0.1, -0.05) is 20.8 Å². The lowest BCUT2D eigenvalue weighted by atomic mass is 9.82. The van der Waals surface area contributed by atoms with Gasteiger partial charge >= 0.3 is 0 Å². The summed E-state index contributed by atoms with van der Waals surface area (Å²) in [6.45, 7) is 7.35. The summed E-state index contributed by atoms with van der Waals surface area (Å²) < 4.78 is 11.2. The lowest BCUT2D eigenvalue weighted by molar-refractivity contribution is -0.769. The molecular weight excluding hydrogens is 226 g/mol.